The lowest BCUT2D eigenvalue weighted by atomic mass is 10.1. The number of aryl methyl sites for hydroxylation is 1. The highest BCUT2D eigenvalue weighted by molar-refractivity contribution is 5.79. The van der Waals surface area contributed by atoms with Gasteiger partial charge in [0.15, 0.2) is 17.5 Å². The summed E-state index contributed by atoms with van der Waals surface area (Å²) in [4.78, 5) is 4.25. The van der Waals surface area contributed by atoms with Crippen LogP contribution < -0.4 is 20.1 Å². The topological polar surface area (TPSA) is 64.1 Å². The first-order chi connectivity index (χ1) is 12.7. The average molecular weight is 366 g/mol. The van der Waals surface area contributed by atoms with Crippen LogP contribution in [0.1, 0.15) is 38.7 Å². The zero-order valence-electron chi connectivity index (χ0n) is 16.8. The molecule has 0 radical (unpaired) electrons. The first-order valence-corrected chi connectivity index (χ1v) is 9.57. The van der Waals surface area contributed by atoms with Crippen molar-refractivity contribution in [2.45, 2.75) is 39.5 Å². The van der Waals surface area contributed by atoms with Crippen LogP contribution in [-0.2, 0) is 11.2 Å². The lowest BCUT2D eigenvalue weighted by molar-refractivity contribution is 0.143. The zero-order valence-corrected chi connectivity index (χ0v) is 16.8. The summed E-state index contributed by atoms with van der Waals surface area (Å²) >= 11 is 0. The minimum Gasteiger partial charge on any atom is -0.493 e. The van der Waals surface area contributed by atoms with Gasteiger partial charge >= 0.3 is 0 Å². The summed E-state index contributed by atoms with van der Waals surface area (Å²) < 4.78 is 16.3. The number of nitrogens with one attached hydrogen (secondary N) is 2. The molecular formula is C20H35N3O3. The van der Waals surface area contributed by atoms with E-state index >= 15 is 0 Å². The Bertz CT molecular complexity index is 521. The van der Waals surface area contributed by atoms with Crippen molar-refractivity contribution in [1.82, 2.24) is 10.6 Å². The molecule has 0 atom stereocenters. The Labute approximate surface area is 158 Å². The number of guanidine groups is 1. The van der Waals surface area contributed by atoms with Gasteiger partial charge < -0.3 is 24.8 Å². The van der Waals surface area contributed by atoms with E-state index in [1.165, 1.54) is 5.56 Å². The molecule has 148 valence electrons. The number of unbranched alkanes of at least 4 members (excludes halogenated alkanes) is 1. The third-order valence-corrected chi connectivity index (χ3v) is 3.90. The molecule has 0 saturated carbocycles. The fourth-order valence-electron chi connectivity index (χ4n) is 2.55. The first kappa shape index (κ1) is 22.1. The van der Waals surface area contributed by atoms with Gasteiger partial charge in [-0.2, -0.15) is 0 Å². The predicted molar refractivity (Wildman–Crippen MR) is 108 cm³/mol. The van der Waals surface area contributed by atoms with Crippen LogP contribution in [0.5, 0.6) is 11.5 Å². The van der Waals surface area contributed by atoms with Crippen LogP contribution in [-0.4, -0.2) is 53.0 Å². The number of nitrogens with zero attached hydrogens (tertiary/aromatic N) is 1. The summed E-state index contributed by atoms with van der Waals surface area (Å²) in [5.41, 5.74) is 1.25. The highest BCUT2D eigenvalue weighted by Crippen LogP contribution is 2.28. The van der Waals surface area contributed by atoms with E-state index in [0.29, 0.717) is 6.61 Å². The summed E-state index contributed by atoms with van der Waals surface area (Å²) in [6.07, 6.45) is 4.13. The molecule has 1 rings (SSSR count). The summed E-state index contributed by atoms with van der Waals surface area (Å²) in [5.74, 6) is 2.44. The summed E-state index contributed by atoms with van der Waals surface area (Å²) in [6.45, 7) is 8.03. The lowest BCUT2D eigenvalue weighted by Gasteiger charge is -2.13. The van der Waals surface area contributed by atoms with Crippen LogP contribution in [0.3, 0.4) is 0 Å². The smallest absolute Gasteiger partial charge is 0.190 e. The molecule has 26 heavy (non-hydrogen) atoms. The van der Waals surface area contributed by atoms with E-state index in [-0.39, 0.29) is 0 Å². The molecule has 1 aromatic carbocycles. The molecule has 0 fully saturated rings. The highest BCUT2D eigenvalue weighted by atomic mass is 16.5. The van der Waals surface area contributed by atoms with Crippen LogP contribution in [0.15, 0.2) is 23.2 Å². The van der Waals surface area contributed by atoms with Crippen LogP contribution >= 0.6 is 0 Å². The number of rotatable bonds is 13. The van der Waals surface area contributed by atoms with Gasteiger partial charge in [0.2, 0.25) is 0 Å². The third kappa shape index (κ3) is 8.94. The number of ether oxygens (including phenoxy) is 3. The van der Waals surface area contributed by atoms with Crippen molar-refractivity contribution in [2.75, 3.05) is 47.1 Å². The minimum atomic E-state index is 0.633. The Kier molecular flexibility index (Phi) is 12.1. The molecule has 0 unspecified atom stereocenters. The average Bonchev–Trinajstić information content (AvgIpc) is 2.66. The Hall–Kier alpha value is -1.95. The van der Waals surface area contributed by atoms with Crippen molar-refractivity contribution in [1.29, 1.82) is 0 Å². The minimum absolute atomic E-state index is 0.633. The van der Waals surface area contributed by atoms with E-state index in [0.717, 1.165) is 69.4 Å². The van der Waals surface area contributed by atoms with E-state index < -0.39 is 0 Å². The number of hydrogen-bond donors (Lipinski definition) is 2. The predicted octanol–water partition coefficient (Wildman–Crippen LogP) is 3.01. The van der Waals surface area contributed by atoms with Gasteiger partial charge in [-0.15, -0.1) is 0 Å². The van der Waals surface area contributed by atoms with Crippen LogP contribution in [0.2, 0.25) is 0 Å². The second kappa shape index (κ2) is 14.2. The van der Waals surface area contributed by atoms with Gasteiger partial charge in [0, 0.05) is 33.4 Å². The summed E-state index contributed by atoms with van der Waals surface area (Å²) in [6, 6.07) is 6.12. The van der Waals surface area contributed by atoms with Crippen LogP contribution in [0.25, 0.3) is 0 Å². The lowest BCUT2D eigenvalue weighted by Crippen LogP contribution is -2.38. The first-order valence-electron chi connectivity index (χ1n) is 9.57. The van der Waals surface area contributed by atoms with Crippen molar-refractivity contribution < 1.29 is 14.2 Å². The molecule has 0 heterocycles. The van der Waals surface area contributed by atoms with Gasteiger partial charge in [0.05, 0.1) is 13.7 Å². The van der Waals surface area contributed by atoms with Gasteiger partial charge in [-0.05, 0) is 57.2 Å². The maximum atomic E-state index is 5.63. The second-order valence-corrected chi connectivity index (χ2v) is 5.85. The SMILES string of the molecule is CCOCCCCNC(=NC)NCCCc1ccc(OC)c(OCC)c1. The number of methoxy groups -OCH3 is 1. The quantitative estimate of drug-likeness (QED) is 0.320. The van der Waals surface area contributed by atoms with E-state index in [1.807, 2.05) is 19.9 Å². The number of hydrogen-bond acceptors (Lipinski definition) is 4. The standard InChI is InChI=1S/C20H35N3O3/c1-5-25-15-8-7-13-22-20(21-3)23-14-9-10-17-11-12-18(24-4)19(16-17)26-6-2/h11-12,16H,5-10,13-15H2,1-4H3,(H2,21,22,23). The van der Waals surface area contributed by atoms with Gasteiger partial charge in [-0.25, -0.2) is 0 Å². The monoisotopic (exact) mass is 365 g/mol. The second-order valence-electron chi connectivity index (χ2n) is 5.85. The van der Waals surface area contributed by atoms with Crippen molar-refractivity contribution >= 4 is 5.96 Å². The molecule has 0 aliphatic rings. The molecule has 6 nitrogen and oxygen atoms in total. The van der Waals surface area contributed by atoms with E-state index in [9.17, 15) is 0 Å². The molecule has 0 aromatic heterocycles. The Morgan fingerprint density at radius 3 is 2.42 bits per heavy atom. The fraction of sp³-hybridized carbons (Fsp3) is 0.650. The molecule has 0 saturated heterocycles. The van der Waals surface area contributed by atoms with E-state index in [2.05, 4.69) is 27.8 Å². The Morgan fingerprint density at radius 2 is 1.77 bits per heavy atom. The molecule has 0 amide bonds. The molecule has 1 aromatic rings. The van der Waals surface area contributed by atoms with Gasteiger partial charge in [-0.1, -0.05) is 6.07 Å². The maximum absolute atomic E-state index is 5.63. The van der Waals surface area contributed by atoms with Crippen LogP contribution in [0.4, 0.5) is 0 Å². The van der Waals surface area contributed by atoms with E-state index in [4.69, 9.17) is 14.2 Å². The third-order valence-electron chi connectivity index (χ3n) is 3.90. The van der Waals surface area contributed by atoms with Gasteiger partial charge in [0.1, 0.15) is 0 Å². The molecule has 0 spiro atoms. The Morgan fingerprint density at radius 1 is 1.00 bits per heavy atom. The van der Waals surface area contributed by atoms with E-state index in [1.54, 1.807) is 14.2 Å². The van der Waals surface area contributed by atoms with Crippen molar-refractivity contribution in [2.24, 2.45) is 4.99 Å². The van der Waals surface area contributed by atoms with Crippen molar-refractivity contribution in [3.05, 3.63) is 23.8 Å². The highest BCUT2D eigenvalue weighted by Gasteiger charge is 2.05. The molecular weight excluding hydrogens is 330 g/mol. The maximum Gasteiger partial charge on any atom is 0.190 e. The molecule has 6 heteroatoms. The van der Waals surface area contributed by atoms with Crippen molar-refractivity contribution in [3.8, 4) is 11.5 Å². The number of benzene rings is 1. The van der Waals surface area contributed by atoms with Gasteiger partial charge in [-0.3, -0.25) is 4.99 Å². The van der Waals surface area contributed by atoms with Crippen molar-refractivity contribution in [3.63, 3.8) is 0 Å². The molecule has 2 N–H and O–H groups in total. The normalized spacial score (nSPS) is 11.3. The fourth-order valence-corrected chi connectivity index (χ4v) is 2.55. The number of aliphatic imine (C=N–C) groups is 1. The molecule has 0 bridgehead atoms. The molecule has 0 aliphatic heterocycles. The van der Waals surface area contributed by atoms with Crippen LogP contribution in [0, 0.1) is 0 Å². The zero-order chi connectivity index (χ0) is 19.0. The largest absolute Gasteiger partial charge is 0.493 e. The van der Waals surface area contributed by atoms with Gasteiger partial charge in [0.25, 0.3) is 0 Å². The summed E-state index contributed by atoms with van der Waals surface area (Å²) in [7, 11) is 3.46. The molecule has 0 aliphatic carbocycles. The summed E-state index contributed by atoms with van der Waals surface area (Å²) in [5, 5.41) is 6.69. The Balaban J connectivity index is 2.26.